The van der Waals surface area contributed by atoms with E-state index in [1.807, 2.05) is 20.9 Å². The van der Waals surface area contributed by atoms with Gasteiger partial charge in [-0.3, -0.25) is 4.98 Å². The molecule has 0 spiro atoms. The van der Waals surface area contributed by atoms with Gasteiger partial charge in [0.15, 0.2) is 0 Å². The standard InChI is InChI=1S/C13H20N2O/c1-9-6-12(7-10(2)15-9)13(14-3)11-4-5-16-8-11/h6-7,11,13-14H,4-5,8H2,1-3H3. The maximum absolute atomic E-state index is 5.47. The number of hydrogen-bond acceptors (Lipinski definition) is 3. The van der Waals surface area contributed by atoms with Crippen molar-refractivity contribution in [2.45, 2.75) is 26.3 Å². The van der Waals surface area contributed by atoms with Crippen LogP contribution in [-0.4, -0.2) is 25.2 Å². The fourth-order valence-corrected chi connectivity index (χ4v) is 2.54. The summed E-state index contributed by atoms with van der Waals surface area (Å²) in [5.74, 6) is 0.589. The van der Waals surface area contributed by atoms with Gasteiger partial charge in [-0.05, 0) is 45.0 Å². The summed E-state index contributed by atoms with van der Waals surface area (Å²) in [6.45, 7) is 5.86. The molecule has 0 bridgehead atoms. The summed E-state index contributed by atoms with van der Waals surface area (Å²) in [7, 11) is 2.02. The summed E-state index contributed by atoms with van der Waals surface area (Å²) in [6.07, 6.45) is 1.14. The van der Waals surface area contributed by atoms with Gasteiger partial charge in [-0.2, -0.15) is 0 Å². The van der Waals surface area contributed by atoms with Crippen molar-refractivity contribution in [2.24, 2.45) is 5.92 Å². The first-order valence-electron chi connectivity index (χ1n) is 5.91. The zero-order valence-corrected chi connectivity index (χ0v) is 10.3. The SMILES string of the molecule is CNC(c1cc(C)nc(C)c1)C1CCOC1. The van der Waals surface area contributed by atoms with Crippen LogP contribution >= 0.6 is 0 Å². The normalized spacial score (nSPS) is 22.3. The number of hydrogen-bond donors (Lipinski definition) is 1. The van der Waals surface area contributed by atoms with Crippen molar-refractivity contribution in [2.75, 3.05) is 20.3 Å². The molecule has 3 heteroatoms. The summed E-state index contributed by atoms with van der Waals surface area (Å²) in [6, 6.07) is 4.74. The largest absolute Gasteiger partial charge is 0.381 e. The van der Waals surface area contributed by atoms with Gasteiger partial charge in [0.1, 0.15) is 0 Å². The molecule has 0 aliphatic carbocycles. The van der Waals surface area contributed by atoms with Gasteiger partial charge in [-0.15, -0.1) is 0 Å². The van der Waals surface area contributed by atoms with Crippen LogP contribution in [0.15, 0.2) is 12.1 Å². The Hall–Kier alpha value is -0.930. The van der Waals surface area contributed by atoms with E-state index in [1.54, 1.807) is 0 Å². The highest BCUT2D eigenvalue weighted by atomic mass is 16.5. The Morgan fingerprint density at radius 2 is 2.06 bits per heavy atom. The molecule has 3 nitrogen and oxygen atoms in total. The molecule has 2 rings (SSSR count). The van der Waals surface area contributed by atoms with Crippen LogP contribution in [0, 0.1) is 19.8 Å². The van der Waals surface area contributed by atoms with Gasteiger partial charge in [0.25, 0.3) is 0 Å². The van der Waals surface area contributed by atoms with Crippen LogP contribution in [0.2, 0.25) is 0 Å². The van der Waals surface area contributed by atoms with Crippen molar-refractivity contribution in [3.63, 3.8) is 0 Å². The summed E-state index contributed by atoms with van der Waals surface area (Å²) in [5, 5.41) is 3.41. The lowest BCUT2D eigenvalue weighted by molar-refractivity contribution is 0.178. The monoisotopic (exact) mass is 220 g/mol. The zero-order valence-electron chi connectivity index (χ0n) is 10.3. The molecule has 0 radical (unpaired) electrons. The number of pyridine rings is 1. The highest BCUT2D eigenvalue weighted by molar-refractivity contribution is 5.24. The van der Waals surface area contributed by atoms with Gasteiger partial charge in [-0.1, -0.05) is 0 Å². The maximum Gasteiger partial charge on any atom is 0.0513 e. The lowest BCUT2D eigenvalue weighted by atomic mass is 9.92. The minimum atomic E-state index is 0.392. The van der Waals surface area contributed by atoms with Gasteiger partial charge in [-0.25, -0.2) is 0 Å². The Bertz CT molecular complexity index is 339. The Morgan fingerprint density at radius 1 is 1.38 bits per heavy atom. The molecule has 2 atom stereocenters. The predicted octanol–water partition coefficient (Wildman–Crippen LogP) is 2.00. The average Bonchev–Trinajstić information content (AvgIpc) is 2.70. The van der Waals surface area contributed by atoms with E-state index in [4.69, 9.17) is 4.74 Å². The number of ether oxygens (including phenoxy) is 1. The molecule has 1 aromatic heterocycles. The van der Waals surface area contributed by atoms with Crippen LogP contribution in [0.25, 0.3) is 0 Å². The van der Waals surface area contributed by atoms with E-state index in [9.17, 15) is 0 Å². The molecule has 0 amide bonds. The van der Waals surface area contributed by atoms with Crippen LogP contribution in [0.5, 0.6) is 0 Å². The summed E-state index contributed by atoms with van der Waals surface area (Å²) in [5.41, 5.74) is 3.52. The predicted molar refractivity (Wildman–Crippen MR) is 64.4 cm³/mol. The third kappa shape index (κ3) is 2.42. The van der Waals surface area contributed by atoms with Gasteiger partial charge in [0, 0.05) is 30.0 Å². The smallest absolute Gasteiger partial charge is 0.0513 e. The molecule has 1 saturated heterocycles. The molecule has 16 heavy (non-hydrogen) atoms. The lowest BCUT2D eigenvalue weighted by Crippen LogP contribution is -2.25. The third-order valence-electron chi connectivity index (χ3n) is 3.21. The highest BCUT2D eigenvalue weighted by Gasteiger charge is 2.26. The number of nitrogens with one attached hydrogen (secondary N) is 1. The van der Waals surface area contributed by atoms with Crippen molar-refractivity contribution < 1.29 is 4.74 Å². The second kappa shape index (κ2) is 4.93. The maximum atomic E-state index is 5.47. The molecule has 0 aromatic carbocycles. The number of aryl methyl sites for hydroxylation is 2. The summed E-state index contributed by atoms with van der Waals surface area (Å²) in [4.78, 5) is 4.42. The first-order chi connectivity index (χ1) is 7.70. The molecular formula is C13H20N2O. The van der Waals surface area contributed by atoms with E-state index >= 15 is 0 Å². The molecule has 1 aromatic rings. The minimum Gasteiger partial charge on any atom is -0.381 e. The van der Waals surface area contributed by atoms with Crippen molar-refractivity contribution >= 4 is 0 Å². The number of nitrogens with zero attached hydrogens (tertiary/aromatic N) is 1. The zero-order chi connectivity index (χ0) is 11.5. The van der Waals surface area contributed by atoms with Crippen molar-refractivity contribution in [3.8, 4) is 0 Å². The van der Waals surface area contributed by atoms with E-state index < -0.39 is 0 Å². The van der Waals surface area contributed by atoms with Crippen molar-refractivity contribution in [3.05, 3.63) is 29.1 Å². The molecule has 1 N–H and O–H groups in total. The molecule has 2 heterocycles. The average molecular weight is 220 g/mol. The molecular weight excluding hydrogens is 200 g/mol. The first-order valence-corrected chi connectivity index (χ1v) is 5.91. The fourth-order valence-electron chi connectivity index (χ4n) is 2.54. The van der Waals surface area contributed by atoms with E-state index in [1.165, 1.54) is 5.56 Å². The van der Waals surface area contributed by atoms with E-state index in [-0.39, 0.29) is 0 Å². The Morgan fingerprint density at radius 3 is 2.56 bits per heavy atom. The van der Waals surface area contributed by atoms with Crippen LogP contribution in [0.4, 0.5) is 0 Å². The van der Waals surface area contributed by atoms with E-state index in [0.717, 1.165) is 31.0 Å². The van der Waals surface area contributed by atoms with Gasteiger partial charge in [0.05, 0.1) is 6.61 Å². The molecule has 1 aliphatic rings. The summed E-state index contributed by atoms with van der Waals surface area (Å²) < 4.78 is 5.47. The lowest BCUT2D eigenvalue weighted by Gasteiger charge is -2.22. The van der Waals surface area contributed by atoms with Gasteiger partial charge < -0.3 is 10.1 Å². The minimum absolute atomic E-state index is 0.392. The quantitative estimate of drug-likeness (QED) is 0.846. The fraction of sp³-hybridized carbons (Fsp3) is 0.615. The Balaban J connectivity index is 2.24. The molecule has 1 aliphatic heterocycles. The molecule has 2 unspecified atom stereocenters. The highest BCUT2D eigenvalue weighted by Crippen LogP contribution is 2.28. The second-order valence-corrected chi connectivity index (χ2v) is 4.57. The first kappa shape index (κ1) is 11.6. The van der Waals surface area contributed by atoms with Gasteiger partial charge in [0.2, 0.25) is 0 Å². The van der Waals surface area contributed by atoms with Gasteiger partial charge >= 0.3 is 0 Å². The van der Waals surface area contributed by atoms with Crippen LogP contribution in [0.1, 0.15) is 29.4 Å². The Kier molecular flexibility index (Phi) is 3.56. The topological polar surface area (TPSA) is 34.2 Å². The van der Waals surface area contributed by atoms with Crippen molar-refractivity contribution in [1.82, 2.24) is 10.3 Å². The molecule has 88 valence electrons. The molecule has 0 saturated carbocycles. The second-order valence-electron chi connectivity index (χ2n) is 4.57. The number of aromatic nitrogens is 1. The van der Waals surface area contributed by atoms with Crippen LogP contribution in [0.3, 0.4) is 0 Å². The van der Waals surface area contributed by atoms with E-state index in [2.05, 4.69) is 22.4 Å². The van der Waals surface area contributed by atoms with Crippen LogP contribution in [-0.2, 0) is 4.74 Å². The third-order valence-corrected chi connectivity index (χ3v) is 3.21. The summed E-state index contributed by atoms with van der Waals surface area (Å²) >= 11 is 0. The van der Waals surface area contributed by atoms with E-state index in [0.29, 0.717) is 12.0 Å². The number of rotatable bonds is 3. The Labute approximate surface area is 97.2 Å². The van der Waals surface area contributed by atoms with Crippen molar-refractivity contribution in [1.29, 1.82) is 0 Å². The molecule has 1 fully saturated rings. The van der Waals surface area contributed by atoms with Crippen LogP contribution < -0.4 is 5.32 Å².